The van der Waals surface area contributed by atoms with E-state index in [1.165, 1.54) is 51.9 Å². The van der Waals surface area contributed by atoms with E-state index in [0.717, 1.165) is 29.7 Å². The summed E-state index contributed by atoms with van der Waals surface area (Å²) in [5.41, 5.74) is 1.03. The largest absolute Gasteiger partial charge is 0.474 e. The van der Waals surface area contributed by atoms with E-state index in [4.69, 9.17) is 9.15 Å². The molecule has 1 atom stereocenters. The lowest BCUT2D eigenvalue weighted by atomic mass is 9.98. The van der Waals surface area contributed by atoms with E-state index < -0.39 is 8.07 Å². The molecule has 1 unspecified atom stereocenters. The number of hydrogen-bond acceptors (Lipinski definition) is 3. The SMILES string of the molecule is CC(=O)OC(CCCCCC1CCCC1)c1coc([Si](C)(C)C)c1. The fourth-order valence-electron chi connectivity index (χ4n) is 3.65. The first-order valence-corrected chi connectivity index (χ1v) is 13.1. The standard InChI is InChI=1S/C20H34O3Si/c1-16(21)23-19(18-14-20(22-15-18)24(2,3)4)13-7-5-6-10-17-11-8-9-12-17/h14-15,17,19H,5-13H2,1-4H3. The van der Waals surface area contributed by atoms with Crippen LogP contribution in [0.1, 0.15) is 76.4 Å². The van der Waals surface area contributed by atoms with Crippen molar-refractivity contribution < 1.29 is 13.9 Å². The third-order valence-electron chi connectivity index (χ3n) is 5.09. The van der Waals surface area contributed by atoms with Gasteiger partial charge in [0.25, 0.3) is 0 Å². The molecule has 1 aliphatic carbocycles. The molecule has 0 spiro atoms. The van der Waals surface area contributed by atoms with Crippen molar-refractivity contribution in [2.75, 3.05) is 0 Å². The predicted molar refractivity (Wildman–Crippen MR) is 101 cm³/mol. The van der Waals surface area contributed by atoms with E-state index in [0.29, 0.717) is 0 Å². The Balaban J connectivity index is 1.81. The van der Waals surface area contributed by atoms with Crippen LogP contribution in [0, 0.1) is 5.92 Å². The summed E-state index contributed by atoms with van der Waals surface area (Å²) in [7, 11) is -1.46. The van der Waals surface area contributed by atoms with Crippen LogP contribution in [-0.4, -0.2) is 14.0 Å². The molecule has 3 nitrogen and oxygen atoms in total. The minimum atomic E-state index is -1.46. The summed E-state index contributed by atoms with van der Waals surface area (Å²) in [4.78, 5) is 11.4. The molecule has 1 saturated carbocycles. The maximum atomic E-state index is 11.4. The first kappa shape index (κ1) is 19.3. The minimum Gasteiger partial charge on any atom is -0.474 e. The van der Waals surface area contributed by atoms with Crippen LogP contribution in [0.4, 0.5) is 0 Å². The summed E-state index contributed by atoms with van der Waals surface area (Å²) in [6, 6.07) is 2.11. The van der Waals surface area contributed by atoms with Crippen LogP contribution >= 0.6 is 0 Å². The molecule has 0 aromatic carbocycles. The summed E-state index contributed by atoms with van der Waals surface area (Å²) >= 11 is 0. The van der Waals surface area contributed by atoms with E-state index in [2.05, 4.69) is 25.7 Å². The third-order valence-corrected chi connectivity index (χ3v) is 6.83. The fraction of sp³-hybridized carbons (Fsp3) is 0.750. The van der Waals surface area contributed by atoms with Crippen LogP contribution in [0.2, 0.25) is 19.6 Å². The van der Waals surface area contributed by atoms with Gasteiger partial charge in [0.2, 0.25) is 0 Å². The van der Waals surface area contributed by atoms with Gasteiger partial charge >= 0.3 is 5.97 Å². The Morgan fingerprint density at radius 3 is 2.54 bits per heavy atom. The lowest BCUT2D eigenvalue weighted by molar-refractivity contribution is -0.147. The molecule has 0 radical (unpaired) electrons. The number of carbonyl (C=O) groups excluding carboxylic acids is 1. The van der Waals surface area contributed by atoms with Gasteiger partial charge in [-0.15, -0.1) is 0 Å². The summed E-state index contributed by atoms with van der Waals surface area (Å²) in [5.74, 6) is 0.768. The molecule has 0 N–H and O–H groups in total. The highest BCUT2D eigenvalue weighted by molar-refractivity contribution is 6.87. The van der Waals surface area contributed by atoms with Crippen molar-refractivity contribution in [2.45, 2.75) is 90.5 Å². The Morgan fingerprint density at radius 2 is 1.96 bits per heavy atom. The van der Waals surface area contributed by atoms with Crippen LogP contribution in [0.5, 0.6) is 0 Å². The van der Waals surface area contributed by atoms with Crippen molar-refractivity contribution >= 4 is 19.4 Å². The van der Waals surface area contributed by atoms with Crippen LogP contribution in [0.25, 0.3) is 0 Å². The zero-order chi connectivity index (χ0) is 17.6. The third kappa shape index (κ3) is 6.12. The number of carbonyl (C=O) groups is 1. The van der Waals surface area contributed by atoms with Crippen LogP contribution in [-0.2, 0) is 9.53 Å². The van der Waals surface area contributed by atoms with E-state index in [-0.39, 0.29) is 12.1 Å². The molecule has 24 heavy (non-hydrogen) atoms. The Hall–Kier alpha value is -1.03. The number of esters is 1. The van der Waals surface area contributed by atoms with Gasteiger partial charge in [0.05, 0.1) is 11.6 Å². The molecule has 136 valence electrons. The van der Waals surface area contributed by atoms with Crippen molar-refractivity contribution in [2.24, 2.45) is 5.92 Å². The molecule has 1 aromatic rings. The molecular formula is C20H34O3Si. The van der Waals surface area contributed by atoms with Gasteiger partial charge in [0.1, 0.15) is 14.2 Å². The van der Waals surface area contributed by atoms with Crippen LogP contribution in [0.15, 0.2) is 16.7 Å². The number of unbranched alkanes of at least 4 members (excludes halogenated alkanes) is 2. The van der Waals surface area contributed by atoms with E-state index >= 15 is 0 Å². The molecule has 1 fully saturated rings. The fourth-order valence-corrected chi connectivity index (χ4v) is 4.66. The smallest absolute Gasteiger partial charge is 0.303 e. The lowest BCUT2D eigenvalue weighted by Gasteiger charge is -2.16. The molecule has 1 aliphatic rings. The highest BCUT2D eigenvalue weighted by Crippen LogP contribution is 2.30. The molecule has 0 amide bonds. The molecule has 1 heterocycles. The van der Waals surface area contributed by atoms with Crippen molar-refractivity contribution in [1.29, 1.82) is 0 Å². The second-order valence-electron chi connectivity index (χ2n) is 8.38. The molecule has 4 heteroatoms. The number of furan rings is 1. The van der Waals surface area contributed by atoms with Gasteiger partial charge in [-0.25, -0.2) is 0 Å². The van der Waals surface area contributed by atoms with E-state index in [1.54, 1.807) is 6.26 Å². The molecule has 0 saturated heterocycles. The zero-order valence-corrected chi connectivity index (χ0v) is 16.9. The van der Waals surface area contributed by atoms with Crippen LogP contribution < -0.4 is 5.38 Å². The first-order valence-electron chi connectivity index (χ1n) is 9.62. The summed E-state index contributed by atoms with van der Waals surface area (Å²) in [5, 5.41) is 1.08. The molecule has 1 aromatic heterocycles. The zero-order valence-electron chi connectivity index (χ0n) is 15.9. The number of hydrogen-bond donors (Lipinski definition) is 0. The number of ether oxygens (including phenoxy) is 1. The van der Waals surface area contributed by atoms with Crippen molar-refractivity contribution in [3.05, 3.63) is 17.9 Å². The maximum Gasteiger partial charge on any atom is 0.303 e. The predicted octanol–water partition coefficient (Wildman–Crippen LogP) is 5.57. The van der Waals surface area contributed by atoms with Crippen molar-refractivity contribution in [3.8, 4) is 0 Å². The second-order valence-corrected chi connectivity index (χ2v) is 13.4. The van der Waals surface area contributed by atoms with E-state index in [1.807, 2.05) is 0 Å². The molecule has 0 aliphatic heterocycles. The van der Waals surface area contributed by atoms with Gasteiger partial charge in [0.15, 0.2) is 0 Å². The topological polar surface area (TPSA) is 39.4 Å². The average molecular weight is 351 g/mol. The first-order chi connectivity index (χ1) is 11.4. The summed E-state index contributed by atoms with van der Waals surface area (Å²) < 4.78 is 11.3. The van der Waals surface area contributed by atoms with Gasteiger partial charge in [-0.2, -0.15) is 0 Å². The molecule has 2 rings (SSSR count). The molecule has 0 bridgehead atoms. The Labute approximate surface area is 148 Å². The lowest BCUT2D eigenvalue weighted by Crippen LogP contribution is -2.36. The minimum absolute atomic E-state index is 0.150. The Kier molecular flexibility index (Phi) is 7.14. The summed E-state index contributed by atoms with van der Waals surface area (Å²) in [6.07, 6.45) is 13.3. The highest BCUT2D eigenvalue weighted by atomic mass is 28.3. The quantitative estimate of drug-likeness (QED) is 0.332. The Bertz CT molecular complexity index is 509. The Morgan fingerprint density at radius 1 is 1.25 bits per heavy atom. The van der Waals surface area contributed by atoms with Crippen LogP contribution in [0.3, 0.4) is 0 Å². The maximum absolute atomic E-state index is 11.4. The van der Waals surface area contributed by atoms with Gasteiger partial charge in [-0.3, -0.25) is 4.79 Å². The van der Waals surface area contributed by atoms with E-state index in [9.17, 15) is 4.79 Å². The molecular weight excluding hydrogens is 316 g/mol. The number of rotatable bonds is 9. The van der Waals surface area contributed by atoms with Gasteiger partial charge in [0, 0.05) is 12.5 Å². The van der Waals surface area contributed by atoms with Gasteiger partial charge in [-0.05, 0) is 24.8 Å². The second kappa shape index (κ2) is 8.89. The summed E-state index contributed by atoms with van der Waals surface area (Å²) in [6.45, 7) is 8.28. The highest BCUT2D eigenvalue weighted by Gasteiger charge is 2.24. The monoisotopic (exact) mass is 350 g/mol. The normalized spacial score (nSPS) is 17.2. The van der Waals surface area contributed by atoms with Crippen molar-refractivity contribution in [3.63, 3.8) is 0 Å². The van der Waals surface area contributed by atoms with Crippen molar-refractivity contribution in [1.82, 2.24) is 0 Å². The average Bonchev–Trinajstić information content (AvgIpc) is 3.16. The van der Waals surface area contributed by atoms with Gasteiger partial charge in [-0.1, -0.05) is 64.6 Å². The van der Waals surface area contributed by atoms with Gasteiger partial charge < -0.3 is 9.15 Å².